The molecule has 0 saturated carbocycles. The predicted octanol–water partition coefficient (Wildman–Crippen LogP) is 4.54. The van der Waals surface area contributed by atoms with Crippen molar-refractivity contribution >= 4 is 35.2 Å². The summed E-state index contributed by atoms with van der Waals surface area (Å²) in [5.41, 5.74) is 1.71. The third-order valence-electron chi connectivity index (χ3n) is 4.05. The molecule has 0 heterocycles. The molecule has 0 bridgehead atoms. The predicted molar refractivity (Wildman–Crippen MR) is 103 cm³/mol. The number of rotatable bonds is 6. The van der Waals surface area contributed by atoms with Crippen molar-refractivity contribution in [1.29, 1.82) is 0 Å². The molecule has 0 N–H and O–H groups in total. The number of hydrogen-bond acceptors (Lipinski definition) is 4. The van der Waals surface area contributed by atoms with Crippen molar-refractivity contribution < 1.29 is 14.4 Å². The van der Waals surface area contributed by atoms with Gasteiger partial charge in [0.15, 0.2) is 17.3 Å². The van der Waals surface area contributed by atoms with Crippen molar-refractivity contribution in [3.8, 4) is 0 Å². The molecule has 0 spiro atoms. The van der Waals surface area contributed by atoms with Gasteiger partial charge in [-0.15, -0.1) is 11.8 Å². The second kappa shape index (κ2) is 8.26. The van der Waals surface area contributed by atoms with Crippen LogP contribution in [0, 0.1) is 0 Å². The van der Waals surface area contributed by atoms with E-state index in [1.165, 1.54) is 17.8 Å². The lowest BCUT2D eigenvalue weighted by atomic mass is 9.91. The number of hydrogen-bond donors (Lipinski definition) is 0. The van der Waals surface area contributed by atoms with Crippen LogP contribution >= 0.6 is 11.8 Å². The van der Waals surface area contributed by atoms with E-state index in [1.807, 2.05) is 44.2 Å². The van der Waals surface area contributed by atoms with E-state index in [-0.39, 0.29) is 33.1 Å². The molecule has 130 valence electrons. The van der Waals surface area contributed by atoms with Crippen molar-refractivity contribution in [3.63, 3.8) is 0 Å². The average molecular weight is 354 g/mol. The van der Waals surface area contributed by atoms with E-state index >= 15 is 0 Å². The summed E-state index contributed by atoms with van der Waals surface area (Å²) in [6.45, 7) is 7.29. The van der Waals surface area contributed by atoms with E-state index in [0.717, 1.165) is 12.0 Å². The van der Waals surface area contributed by atoms with E-state index in [1.54, 1.807) is 19.9 Å². The summed E-state index contributed by atoms with van der Waals surface area (Å²) in [5, 5.41) is 0.152. The Morgan fingerprint density at radius 1 is 1.20 bits per heavy atom. The molecule has 0 fully saturated rings. The molecule has 1 aliphatic carbocycles. The van der Waals surface area contributed by atoms with Crippen LogP contribution in [0.2, 0.25) is 0 Å². The van der Waals surface area contributed by atoms with Gasteiger partial charge in [0.2, 0.25) is 0 Å². The lowest BCUT2D eigenvalue weighted by Crippen LogP contribution is -2.23. The van der Waals surface area contributed by atoms with Crippen LogP contribution in [0.15, 0.2) is 58.0 Å². The molecule has 0 amide bonds. The molecule has 0 saturated heterocycles. The molecule has 1 aromatic rings. The largest absolute Gasteiger partial charge is 0.289 e. The Bertz CT molecular complexity index is 798. The number of carbonyl (C=O) groups is 3. The van der Waals surface area contributed by atoms with Crippen LogP contribution in [0.25, 0.3) is 6.08 Å². The Labute approximate surface area is 152 Å². The fourth-order valence-electron chi connectivity index (χ4n) is 2.41. The van der Waals surface area contributed by atoms with Gasteiger partial charge in [0.05, 0.1) is 10.5 Å². The summed E-state index contributed by atoms with van der Waals surface area (Å²) < 4.78 is 0. The average Bonchev–Trinajstić information content (AvgIpc) is 2.59. The number of carbonyl (C=O) groups excluding carboxylic acids is 3. The van der Waals surface area contributed by atoms with Crippen LogP contribution in [0.1, 0.15) is 39.7 Å². The quantitative estimate of drug-likeness (QED) is 0.427. The fraction of sp³-hybridized carbons (Fsp3) is 0.286. The smallest absolute Gasteiger partial charge is 0.196 e. The molecule has 2 rings (SSSR count). The molecule has 4 heteroatoms. The summed E-state index contributed by atoms with van der Waals surface area (Å²) in [6, 6.07) is 9.44. The maximum absolute atomic E-state index is 12.9. The maximum atomic E-state index is 12.9. The maximum Gasteiger partial charge on any atom is 0.196 e. The zero-order chi connectivity index (χ0) is 18.6. The van der Waals surface area contributed by atoms with Crippen LogP contribution in [0.4, 0.5) is 0 Å². The monoisotopic (exact) mass is 354 g/mol. The molecular weight excluding hydrogens is 332 g/mol. The fourth-order valence-corrected chi connectivity index (χ4v) is 3.56. The van der Waals surface area contributed by atoms with Crippen molar-refractivity contribution in [2.24, 2.45) is 0 Å². The number of benzene rings is 1. The molecule has 3 nitrogen and oxygen atoms in total. The van der Waals surface area contributed by atoms with Gasteiger partial charge < -0.3 is 0 Å². The van der Waals surface area contributed by atoms with Gasteiger partial charge in [0, 0.05) is 10.8 Å². The minimum absolute atomic E-state index is 0.00517. The summed E-state index contributed by atoms with van der Waals surface area (Å²) in [5.74, 6) is -0.980. The lowest BCUT2D eigenvalue weighted by Gasteiger charge is -2.19. The third kappa shape index (κ3) is 4.45. The molecule has 0 aromatic heterocycles. The molecular formula is C21H22O3S. The molecule has 1 aromatic carbocycles. The highest BCUT2D eigenvalue weighted by Gasteiger charge is 2.32. The van der Waals surface area contributed by atoms with Crippen LogP contribution < -0.4 is 0 Å². The van der Waals surface area contributed by atoms with Gasteiger partial charge in [-0.2, -0.15) is 0 Å². The van der Waals surface area contributed by atoms with Gasteiger partial charge in [-0.3, -0.25) is 14.4 Å². The molecule has 0 aliphatic heterocycles. The molecule has 1 aliphatic rings. The number of allylic oxidation sites excluding steroid dienone is 5. The van der Waals surface area contributed by atoms with Crippen molar-refractivity contribution in [2.75, 3.05) is 0 Å². The highest BCUT2D eigenvalue weighted by Crippen LogP contribution is 2.34. The minimum atomic E-state index is -0.381. The highest BCUT2D eigenvalue weighted by molar-refractivity contribution is 8.04. The SMILES string of the molecule is CCC(C)SC1=C(C(=O)/C(C)=C/c2ccccc2)C(=O)C=C(C)C1=O. The Morgan fingerprint density at radius 3 is 2.44 bits per heavy atom. The Balaban J connectivity index is 2.46. The van der Waals surface area contributed by atoms with Gasteiger partial charge in [-0.25, -0.2) is 0 Å². The summed E-state index contributed by atoms with van der Waals surface area (Å²) in [7, 11) is 0. The Morgan fingerprint density at radius 2 is 1.84 bits per heavy atom. The minimum Gasteiger partial charge on any atom is -0.289 e. The first kappa shape index (κ1) is 19.1. The Kier molecular flexibility index (Phi) is 6.32. The first-order valence-electron chi connectivity index (χ1n) is 8.31. The second-order valence-electron chi connectivity index (χ2n) is 6.13. The van der Waals surface area contributed by atoms with E-state index in [0.29, 0.717) is 11.1 Å². The topological polar surface area (TPSA) is 51.2 Å². The standard InChI is InChI=1S/C21H22O3S/c1-5-15(4)25-21-18(17(22)12-14(3)20(21)24)19(23)13(2)11-16-9-7-6-8-10-16/h6-12,15H,5H2,1-4H3/b13-11+. The first-order chi connectivity index (χ1) is 11.8. The van der Waals surface area contributed by atoms with Gasteiger partial charge in [0.1, 0.15) is 0 Å². The second-order valence-corrected chi connectivity index (χ2v) is 7.58. The van der Waals surface area contributed by atoms with Gasteiger partial charge in [-0.05, 0) is 43.6 Å². The molecule has 1 unspecified atom stereocenters. The lowest BCUT2D eigenvalue weighted by molar-refractivity contribution is -0.119. The van der Waals surface area contributed by atoms with Gasteiger partial charge in [-0.1, -0.05) is 44.2 Å². The first-order valence-corrected chi connectivity index (χ1v) is 9.19. The summed E-state index contributed by atoms with van der Waals surface area (Å²) in [6.07, 6.45) is 3.86. The third-order valence-corrected chi connectivity index (χ3v) is 5.41. The molecule has 1 atom stereocenters. The summed E-state index contributed by atoms with van der Waals surface area (Å²) >= 11 is 1.32. The van der Waals surface area contributed by atoms with Crippen molar-refractivity contribution in [1.82, 2.24) is 0 Å². The highest BCUT2D eigenvalue weighted by atomic mass is 32.2. The van der Waals surface area contributed by atoms with Gasteiger partial charge >= 0.3 is 0 Å². The van der Waals surface area contributed by atoms with Gasteiger partial charge in [0.25, 0.3) is 0 Å². The van der Waals surface area contributed by atoms with Crippen LogP contribution in [-0.4, -0.2) is 22.6 Å². The van der Waals surface area contributed by atoms with Crippen LogP contribution in [0.3, 0.4) is 0 Å². The zero-order valence-corrected chi connectivity index (χ0v) is 15.8. The number of Topliss-reactive ketones (excluding diaryl/α,β-unsaturated/α-hetero) is 2. The van der Waals surface area contributed by atoms with E-state index < -0.39 is 0 Å². The van der Waals surface area contributed by atoms with Crippen molar-refractivity contribution in [2.45, 2.75) is 39.4 Å². The molecule has 0 radical (unpaired) electrons. The van der Waals surface area contributed by atoms with E-state index in [4.69, 9.17) is 0 Å². The zero-order valence-electron chi connectivity index (χ0n) is 15.0. The molecule has 25 heavy (non-hydrogen) atoms. The summed E-state index contributed by atoms with van der Waals surface area (Å²) in [4.78, 5) is 38.2. The number of thioether (sulfide) groups is 1. The van der Waals surface area contributed by atoms with Crippen molar-refractivity contribution in [3.05, 3.63) is 63.6 Å². The van der Waals surface area contributed by atoms with Crippen LogP contribution in [0.5, 0.6) is 0 Å². The van der Waals surface area contributed by atoms with Crippen LogP contribution in [-0.2, 0) is 14.4 Å². The normalized spacial score (nSPS) is 16.8. The Hall–Kier alpha value is -2.20. The van der Waals surface area contributed by atoms with E-state index in [9.17, 15) is 14.4 Å². The number of ketones is 3. The van der Waals surface area contributed by atoms with E-state index in [2.05, 4.69) is 0 Å².